The third kappa shape index (κ3) is 3.55. The fourth-order valence-electron chi connectivity index (χ4n) is 1.32. The SMILES string of the molecule is O=[N+]([O-])c1ncn(CCOc2ccc(Cl)cc2Cl)n1. The molecule has 7 nitrogen and oxygen atoms in total. The van der Waals surface area contributed by atoms with Gasteiger partial charge in [-0.2, -0.15) is 4.68 Å². The van der Waals surface area contributed by atoms with Crippen LogP contribution in [0.2, 0.25) is 10.0 Å². The van der Waals surface area contributed by atoms with E-state index in [1.54, 1.807) is 18.2 Å². The number of hydrogen-bond donors (Lipinski definition) is 0. The lowest BCUT2D eigenvalue weighted by Gasteiger charge is -2.06. The molecule has 0 saturated carbocycles. The van der Waals surface area contributed by atoms with Gasteiger partial charge in [-0.05, 0) is 23.1 Å². The van der Waals surface area contributed by atoms with E-state index >= 15 is 0 Å². The van der Waals surface area contributed by atoms with Crippen molar-refractivity contribution in [3.05, 3.63) is 44.7 Å². The van der Waals surface area contributed by atoms with E-state index < -0.39 is 10.9 Å². The number of rotatable bonds is 5. The zero-order valence-corrected chi connectivity index (χ0v) is 11.0. The second-order valence-corrected chi connectivity index (χ2v) is 4.33. The van der Waals surface area contributed by atoms with E-state index in [1.807, 2.05) is 0 Å². The van der Waals surface area contributed by atoms with Crippen molar-refractivity contribution in [2.45, 2.75) is 6.54 Å². The van der Waals surface area contributed by atoms with Gasteiger partial charge < -0.3 is 14.9 Å². The minimum Gasteiger partial charge on any atom is -0.490 e. The van der Waals surface area contributed by atoms with Crippen molar-refractivity contribution in [2.24, 2.45) is 0 Å². The van der Waals surface area contributed by atoms with Crippen LogP contribution >= 0.6 is 23.2 Å². The summed E-state index contributed by atoms with van der Waals surface area (Å²) in [5, 5.41) is 15.0. The van der Waals surface area contributed by atoms with Gasteiger partial charge in [-0.15, -0.1) is 0 Å². The highest BCUT2D eigenvalue weighted by Gasteiger charge is 2.12. The summed E-state index contributed by atoms with van der Waals surface area (Å²) >= 11 is 11.7. The molecule has 9 heteroatoms. The van der Waals surface area contributed by atoms with Crippen LogP contribution in [-0.4, -0.2) is 26.3 Å². The zero-order chi connectivity index (χ0) is 13.8. The average molecular weight is 303 g/mol. The van der Waals surface area contributed by atoms with Crippen LogP contribution in [0.1, 0.15) is 0 Å². The van der Waals surface area contributed by atoms with Crippen molar-refractivity contribution in [1.82, 2.24) is 14.8 Å². The Morgan fingerprint density at radius 1 is 1.42 bits per heavy atom. The van der Waals surface area contributed by atoms with Crippen LogP contribution in [0, 0.1) is 10.1 Å². The first-order chi connectivity index (χ1) is 9.06. The Labute approximate surface area is 117 Å². The van der Waals surface area contributed by atoms with Crippen LogP contribution in [0.25, 0.3) is 0 Å². The molecule has 2 aromatic rings. The van der Waals surface area contributed by atoms with Gasteiger partial charge in [0.2, 0.25) is 6.33 Å². The average Bonchev–Trinajstić information content (AvgIpc) is 2.81. The summed E-state index contributed by atoms with van der Waals surface area (Å²) in [4.78, 5) is 13.3. The number of ether oxygens (including phenoxy) is 1. The van der Waals surface area contributed by atoms with E-state index in [0.717, 1.165) is 0 Å². The Bertz CT molecular complexity index is 602. The molecule has 0 aliphatic heterocycles. The number of halogens is 2. The first kappa shape index (κ1) is 13.6. The Hall–Kier alpha value is -1.86. The van der Waals surface area contributed by atoms with Crippen molar-refractivity contribution in [2.75, 3.05) is 6.61 Å². The molecule has 0 spiro atoms. The van der Waals surface area contributed by atoms with Crippen molar-refractivity contribution in [3.63, 3.8) is 0 Å². The van der Waals surface area contributed by atoms with Crippen molar-refractivity contribution in [3.8, 4) is 5.75 Å². The van der Waals surface area contributed by atoms with Crippen molar-refractivity contribution in [1.29, 1.82) is 0 Å². The lowest BCUT2D eigenvalue weighted by Crippen LogP contribution is -2.09. The number of hydrogen-bond acceptors (Lipinski definition) is 5. The maximum absolute atomic E-state index is 10.4. The molecule has 19 heavy (non-hydrogen) atoms. The van der Waals surface area contributed by atoms with Gasteiger partial charge in [0.05, 0.1) is 11.6 Å². The summed E-state index contributed by atoms with van der Waals surface area (Å²) in [6.07, 6.45) is 1.27. The highest BCUT2D eigenvalue weighted by atomic mass is 35.5. The van der Waals surface area contributed by atoms with E-state index in [1.165, 1.54) is 11.0 Å². The third-order valence-electron chi connectivity index (χ3n) is 2.16. The first-order valence-corrected chi connectivity index (χ1v) is 5.93. The van der Waals surface area contributed by atoms with Crippen LogP contribution < -0.4 is 4.74 Å². The maximum Gasteiger partial charge on any atom is 0.490 e. The van der Waals surface area contributed by atoms with Crippen LogP contribution in [0.4, 0.5) is 5.95 Å². The van der Waals surface area contributed by atoms with Crippen LogP contribution in [0.5, 0.6) is 5.75 Å². The quantitative estimate of drug-likeness (QED) is 0.626. The van der Waals surface area contributed by atoms with Gasteiger partial charge in [-0.1, -0.05) is 28.2 Å². The largest absolute Gasteiger partial charge is 0.490 e. The number of benzene rings is 1. The highest BCUT2D eigenvalue weighted by Crippen LogP contribution is 2.27. The number of nitrogens with zero attached hydrogens (tertiary/aromatic N) is 4. The molecule has 0 unspecified atom stereocenters. The van der Waals surface area contributed by atoms with Gasteiger partial charge in [0.25, 0.3) is 0 Å². The van der Waals surface area contributed by atoms with Gasteiger partial charge in [-0.25, -0.2) is 0 Å². The highest BCUT2D eigenvalue weighted by molar-refractivity contribution is 6.35. The standard InChI is InChI=1S/C10H8Cl2N4O3/c11-7-1-2-9(8(12)5-7)19-4-3-15-6-13-10(14-15)16(17)18/h1-2,5-6H,3-4H2. The van der Waals surface area contributed by atoms with Crippen LogP contribution in [-0.2, 0) is 6.54 Å². The normalized spacial score (nSPS) is 10.4. The molecule has 0 aliphatic carbocycles. The Kier molecular flexibility index (Phi) is 4.18. The summed E-state index contributed by atoms with van der Waals surface area (Å²) in [5.74, 6) is 0.0465. The first-order valence-electron chi connectivity index (χ1n) is 5.18. The van der Waals surface area contributed by atoms with Gasteiger partial charge in [0.1, 0.15) is 12.4 Å². The molecule has 0 aliphatic rings. The van der Waals surface area contributed by atoms with Crippen molar-refractivity contribution >= 4 is 29.2 Å². The second kappa shape index (κ2) is 5.85. The molecule has 100 valence electrons. The lowest BCUT2D eigenvalue weighted by molar-refractivity contribution is -0.394. The Morgan fingerprint density at radius 2 is 2.21 bits per heavy atom. The molecule has 1 aromatic heterocycles. The summed E-state index contributed by atoms with van der Waals surface area (Å²) in [5.41, 5.74) is 0. The molecule has 0 amide bonds. The molecule has 0 atom stereocenters. The molecule has 0 radical (unpaired) electrons. The summed E-state index contributed by atoms with van der Waals surface area (Å²) in [7, 11) is 0. The van der Waals surface area contributed by atoms with E-state index in [9.17, 15) is 10.1 Å². The molecule has 1 heterocycles. The van der Waals surface area contributed by atoms with E-state index in [2.05, 4.69) is 10.1 Å². The van der Waals surface area contributed by atoms with Gasteiger partial charge in [0.15, 0.2) is 0 Å². The molecular weight excluding hydrogens is 295 g/mol. The van der Waals surface area contributed by atoms with Crippen LogP contribution in [0.15, 0.2) is 24.5 Å². The fraction of sp³-hybridized carbons (Fsp3) is 0.200. The molecular formula is C10H8Cl2N4O3. The molecule has 0 fully saturated rings. The fourth-order valence-corrected chi connectivity index (χ4v) is 1.78. The van der Waals surface area contributed by atoms with Gasteiger partial charge in [-0.3, -0.25) is 0 Å². The smallest absolute Gasteiger partial charge is 0.490 e. The van der Waals surface area contributed by atoms with E-state index in [4.69, 9.17) is 27.9 Å². The second-order valence-electron chi connectivity index (χ2n) is 3.49. The minimum atomic E-state index is -0.659. The van der Waals surface area contributed by atoms with Gasteiger partial charge >= 0.3 is 5.95 Å². The maximum atomic E-state index is 10.4. The molecule has 0 bridgehead atoms. The van der Waals surface area contributed by atoms with Crippen LogP contribution in [0.3, 0.4) is 0 Å². The molecule has 0 saturated heterocycles. The summed E-state index contributed by atoms with van der Waals surface area (Å²) < 4.78 is 6.74. The third-order valence-corrected chi connectivity index (χ3v) is 2.69. The van der Waals surface area contributed by atoms with E-state index in [0.29, 0.717) is 22.3 Å². The predicted octanol–water partition coefficient (Wildman–Crippen LogP) is 2.57. The monoisotopic (exact) mass is 302 g/mol. The molecule has 0 N–H and O–H groups in total. The summed E-state index contributed by atoms with van der Waals surface area (Å²) in [6.45, 7) is 0.571. The molecule has 2 rings (SSSR count). The number of aromatic nitrogens is 3. The zero-order valence-electron chi connectivity index (χ0n) is 9.49. The van der Waals surface area contributed by atoms with Gasteiger partial charge in [0, 0.05) is 10.1 Å². The van der Waals surface area contributed by atoms with E-state index in [-0.39, 0.29) is 6.61 Å². The predicted molar refractivity (Wildman–Crippen MR) is 68.6 cm³/mol. The Morgan fingerprint density at radius 3 is 2.84 bits per heavy atom. The number of nitro groups is 1. The van der Waals surface area contributed by atoms with Crippen molar-refractivity contribution < 1.29 is 9.66 Å². The minimum absolute atomic E-state index is 0.252. The molecule has 1 aromatic carbocycles. The lowest BCUT2D eigenvalue weighted by atomic mass is 10.3. The summed E-state index contributed by atoms with van der Waals surface area (Å²) in [6, 6.07) is 4.87. The Balaban J connectivity index is 1.90. The topological polar surface area (TPSA) is 83.1 Å².